The third kappa shape index (κ3) is 3.51. The second kappa shape index (κ2) is 7.15. The van der Waals surface area contributed by atoms with E-state index in [2.05, 4.69) is 24.3 Å². The van der Waals surface area contributed by atoms with Crippen LogP contribution in [0.1, 0.15) is 41.5 Å². The van der Waals surface area contributed by atoms with Crippen LogP contribution in [0.4, 0.5) is 0 Å². The molecule has 0 unspecified atom stereocenters. The normalized spacial score (nSPS) is 12.4. The molecule has 0 saturated heterocycles. The molecule has 0 atom stereocenters. The lowest BCUT2D eigenvalue weighted by Gasteiger charge is -2.09. The number of benzene rings is 2. The maximum Gasteiger partial charge on any atom is 0.270 e. The van der Waals surface area contributed by atoms with Gasteiger partial charge in [-0.25, -0.2) is 4.68 Å². The number of carbonyl (C=O) groups excluding carboxylic acids is 1. The predicted octanol–water partition coefficient (Wildman–Crippen LogP) is 3.65. The molecule has 1 aliphatic rings. The van der Waals surface area contributed by atoms with E-state index >= 15 is 0 Å². The topological polar surface area (TPSA) is 65.4 Å². The first-order chi connectivity index (χ1) is 13.1. The Hall–Kier alpha value is -3.28. The first-order valence-electron chi connectivity index (χ1n) is 8.94. The van der Waals surface area contributed by atoms with Crippen molar-refractivity contribution in [2.45, 2.75) is 26.3 Å². The van der Waals surface area contributed by atoms with Crippen molar-refractivity contribution in [2.24, 2.45) is 0 Å². The van der Waals surface area contributed by atoms with Crippen LogP contribution in [0.2, 0.25) is 0 Å². The van der Waals surface area contributed by atoms with Gasteiger partial charge in [-0.15, -0.1) is 0 Å². The predicted molar refractivity (Wildman–Crippen MR) is 101 cm³/mol. The first-order valence-corrected chi connectivity index (χ1v) is 8.94. The summed E-state index contributed by atoms with van der Waals surface area (Å²) in [6.45, 7) is 4.75. The summed E-state index contributed by atoms with van der Waals surface area (Å²) in [4.78, 5) is 12.9. The van der Waals surface area contributed by atoms with Crippen LogP contribution in [0.3, 0.4) is 0 Å². The number of nitrogens with one attached hydrogen (secondary N) is 1. The monoisotopic (exact) mass is 363 g/mol. The Balaban J connectivity index is 1.56. The molecule has 0 radical (unpaired) electrons. The Bertz CT molecular complexity index is 964. The van der Waals surface area contributed by atoms with Crippen molar-refractivity contribution in [2.75, 3.05) is 6.79 Å². The highest BCUT2D eigenvalue weighted by Crippen LogP contribution is 2.32. The molecule has 1 aromatic heterocycles. The Labute approximate surface area is 157 Å². The molecule has 4 rings (SSSR count). The van der Waals surface area contributed by atoms with Crippen molar-refractivity contribution in [3.8, 4) is 17.2 Å². The van der Waals surface area contributed by atoms with E-state index in [0.717, 1.165) is 22.7 Å². The van der Waals surface area contributed by atoms with E-state index in [1.807, 2.05) is 54.6 Å². The molecule has 1 aliphatic heterocycles. The number of amides is 1. The molecule has 27 heavy (non-hydrogen) atoms. The van der Waals surface area contributed by atoms with E-state index in [9.17, 15) is 4.79 Å². The Morgan fingerprint density at radius 3 is 2.67 bits per heavy atom. The third-order valence-electron chi connectivity index (χ3n) is 4.44. The lowest BCUT2D eigenvalue weighted by atomic mass is 10.1. The molecule has 138 valence electrons. The molecule has 2 aromatic carbocycles. The van der Waals surface area contributed by atoms with Gasteiger partial charge in [-0.3, -0.25) is 4.79 Å². The van der Waals surface area contributed by atoms with Gasteiger partial charge in [0.25, 0.3) is 5.91 Å². The van der Waals surface area contributed by atoms with Gasteiger partial charge in [0.05, 0.1) is 11.4 Å². The van der Waals surface area contributed by atoms with Gasteiger partial charge in [0.15, 0.2) is 11.5 Å². The molecule has 6 nitrogen and oxygen atoms in total. The van der Waals surface area contributed by atoms with E-state index in [1.165, 1.54) is 0 Å². The molecule has 2 heterocycles. The number of ether oxygens (including phenoxy) is 2. The molecule has 0 spiro atoms. The molecular formula is C21H21N3O3. The second-order valence-corrected chi connectivity index (χ2v) is 6.73. The van der Waals surface area contributed by atoms with E-state index in [-0.39, 0.29) is 18.6 Å². The molecule has 0 fully saturated rings. The number of hydrogen-bond acceptors (Lipinski definition) is 4. The summed E-state index contributed by atoms with van der Waals surface area (Å²) in [5.41, 5.74) is 3.21. The zero-order valence-electron chi connectivity index (χ0n) is 15.3. The number of rotatable bonds is 5. The largest absolute Gasteiger partial charge is 0.454 e. The van der Waals surface area contributed by atoms with E-state index in [1.54, 1.807) is 4.68 Å². The maximum atomic E-state index is 12.9. The minimum absolute atomic E-state index is 0.170. The molecule has 1 amide bonds. The zero-order valence-corrected chi connectivity index (χ0v) is 15.3. The van der Waals surface area contributed by atoms with E-state index in [4.69, 9.17) is 9.47 Å². The van der Waals surface area contributed by atoms with E-state index < -0.39 is 0 Å². The highest BCUT2D eigenvalue weighted by Gasteiger charge is 2.19. The van der Waals surface area contributed by atoms with Crippen LogP contribution < -0.4 is 14.8 Å². The van der Waals surface area contributed by atoms with Gasteiger partial charge >= 0.3 is 0 Å². The quantitative estimate of drug-likeness (QED) is 0.751. The number of carbonyl (C=O) groups is 1. The van der Waals surface area contributed by atoms with Crippen LogP contribution >= 0.6 is 0 Å². The summed E-state index contributed by atoms with van der Waals surface area (Å²) in [7, 11) is 0. The summed E-state index contributed by atoms with van der Waals surface area (Å²) in [6, 6.07) is 17.2. The average Bonchev–Trinajstić information content (AvgIpc) is 3.33. The summed E-state index contributed by atoms with van der Waals surface area (Å²) in [6.07, 6.45) is 0. The zero-order chi connectivity index (χ0) is 18.8. The molecule has 3 aromatic rings. The molecule has 0 bridgehead atoms. The number of fused-ring (bicyclic) bond motifs is 1. The number of aromatic nitrogens is 2. The van der Waals surface area contributed by atoms with Crippen molar-refractivity contribution in [1.82, 2.24) is 15.1 Å². The van der Waals surface area contributed by atoms with Crippen LogP contribution in [-0.4, -0.2) is 22.5 Å². The van der Waals surface area contributed by atoms with Gasteiger partial charge in [-0.2, -0.15) is 5.10 Å². The Morgan fingerprint density at radius 2 is 1.89 bits per heavy atom. The fourth-order valence-corrected chi connectivity index (χ4v) is 2.93. The van der Waals surface area contributed by atoms with Crippen LogP contribution in [0, 0.1) is 0 Å². The molecule has 1 N–H and O–H groups in total. The number of hydrogen-bond donors (Lipinski definition) is 1. The van der Waals surface area contributed by atoms with Crippen LogP contribution in [0.5, 0.6) is 11.5 Å². The second-order valence-electron chi connectivity index (χ2n) is 6.73. The Morgan fingerprint density at radius 1 is 1.11 bits per heavy atom. The third-order valence-corrected chi connectivity index (χ3v) is 4.44. The van der Waals surface area contributed by atoms with Crippen molar-refractivity contribution in [3.05, 3.63) is 71.5 Å². The van der Waals surface area contributed by atoms with Crippen molar-refractivity contribution >= 4 is 5.91 Å². The lowest BCUT2D eigenvalue weighted by molar-refractivity contribution is 0.0943. The molecule has 0 saturated carbocycles. The van der Waals surface area contributed by atoms with Crippen molar-refractivity contribution in [1.29, 1.82) is 0 Å². The standard InChI is InChI=1S/C21H21N3O3/c1-14(2)17-11-18(24(23-17)16-6-4-3-5-7-16)21(25)22-12-15-8-9-19-20(10-15)27-13-26-19/h3-11,14H,12-13H2,1-2H3,(H,22,25). The Kier molecular flexibility index (Phi) is 4.54. The van der Waals surface area contributed by atoms with Crippen LogP contribution in [-0.2, 0) is 6.54 Å². The van der Waals surface area contributed by atoms with Gasteiger partial charge in [0.1, 0.15) is 5.69 Å². The summed E-state index contributed by atoms with van der Waals surface area (Å²) in [5.74, 6) is 1.50. The summed E-state index contributed by atoms with van der Waals surface area (Å²) < 4.78 is 12.4. The number of nitrogens with zero attached hydrogens (tertiary/aromatic N) is 2. The first kappa shape index (κ1) is 17.1. The maximum absolute atomic E-state index is 12.9. The van der Waals surface area contributed by atoms with Crippen molar-refractivity contribution in [3.63, 3.8) is 0 Å². The minimum atomic E-state index is -0.170. The van der Waals surface area contributed by atoms with Crippen LogP contribution in [0.15, 0.2) is 54.6 Å². The van der Waals surface area contributed by atoms with Gasteiger partial charge in [-0.1, -0.05) is 38.1 Å². The molecule has 0 aliphatic carbocycles. The fourth-order valence-electron chi connectivity index (χ4n) is 2.93. The highest BCUT2D eigenvalue weighted by atomic mass is 16.7. The van der Waals surface area contributed by atoms with E-state index in [0.29, 0.717) is 18.0 Å². The summed E-state index contributed by atoms with van der Waals surface area (Å²) in [5, 5.41) is 7.60. The minimum Gasteiger partial charge on any atom is -0.454 e. The molecular weight excluding hydrogens is 342 g/mol. The summed E-state index contributed by atoms with van der Waals surface area (Å²) >= 11 is 0. The molecule has 6 heteroatoms. The van der Waals surface area contributed by atoms with Crippen molar-refractivity contribution < 1.29 is 14.3 Å². The lowest BCUT2D eigenvalue weighted by Crippen LogP contribution is -2.25. The smallest absolute Gasteiger partial charge is 0.270 e. The van der Waals surface area contributed by atoms with Gasteiger partial charge in [-0.05, 0) is 41.8 Å². The highest BCUT2D eigenvalue weighted by molar-refractivity contribution is 5.93. The van der Waals surface area contributed by atoms with Gasteiger partial charge in [0, 0.05) is 6.54 Å². The van der Waals surface area contributed by atoms with Gasteiger partial charge < -0.3 is 14.8 Å². The average molecular weight is 363 g/mol. The van der Waals surface area contributed by atoms with Gasteiger partial charge in [0.2, 0.25) is 6.79 Å². The number of para-hydroxylation sites is 1. The SMILES string of the molecule is CC(C)c1cc(C(=O)NCc2ccc3c(c2)OCO3)n(-c2ccccc2)n1. The van der Waals surface area contributed by atoms with Crippen LogP contribution in [0.25, 0.3) is 5.69 Å². The fraction of sp³-hybridized carbons (Fsp3) is 0.238.